The Labute approximate surface area is 112 Å². The average molecular weight is 258 g/mol. The molecule has 1 amide bonds. The van der Waals surface area contributed by atoms with Crippen LogP contribution in [0.3, 0.4) is 0 Å². The summed E-state index contributed by atoms with van der Waals surface area (Å²) in [6, 6.07) is 6.75. The number of benzene rings is 1. The smallest absolute Gasteiger partial charge is 0.262 e. The lowest BCUT2D eigenvalue weighted by Crippen LogP contribution is -2.30. The molecule has 3 rings (SSSR count). The third kappa shape index (κ3) is 2.63. The van der Waals surface area contributed by atoms with Gasteiger partial charge in [0.25, 0.3) is 5.91 Å². The van der Waals surface area contributed by atoms with Gasteiger partial charge in [-0.1, -0.05) is 18.2 Å². The molecule has 1 unspecified atom stereocenters. The van der Waals surface area contributed by atoms with Gasteiger partial charge in [0.1, 0.15) is 5.75 Å². The molecule has 1 atom stereocenters. The molecule has 0 saturated heterocycles. The maximum atomic E-state index is 11.3. The van der Waals surface area contributed by atoms with Crippen LogP contribution < -0.4 is 15.4 Å². The van der Waals surface area contributed by atoms with Gasteiger partial charge in [0, 0.05) is 12.1 Å². The summed E-state index contributed by atoms with van der Waals surface area (Å²) in [6.07, 6.45) is 6.61. The van der Waals surface area contributed by atoms with Crippen LogP contribution in [0.2, 0.25) is 0 Å². The van der Waals surface area contributed by atoms with E-state index in [0.717, 1.165) is 29.8 Å². The Bertz CT molecular complexity index is 517. The fourth-order valence-electron chi connectivity index (χ4n) is 2.57. The van der Waals surface area contributed by atoms with Crippen molar-refractivity contribution in [2.75, 3.05) is 11.9 Å². The molecule has 0 radical (unpaired) electrons. The monoisotopic (exact) mass is 258 g/mol. The molecular formula is C15H18N2O2. The summed E-state index contributed by atoms with van der Waals surface area (Å²) >= 11 is 0. The summed E-state index contributed by atoms with van der Waals surface area (Å²) in [7, 11) is 0. The van der Waals surface area contributed by atoms with Crippen LogP contribution in [-0.4, -0.2) is 18.6 Å². The lowest BCUT2D eigenvalue weighted by molar-refractivity contribution is -0.118. The lowest BCUT2D eigenvalue weighted by atomic mass is 10.0. The van der Waals surface area contributed by atoms with Crippen molar-refractivity contribution in [1.29, 1.82) is 0 Å². The molecule has 0 bridgehead atoms. The first-order valence-electron chi connectivity index (χ1n) is 6.70. The normalized spacial score (nSPS) is 19.7. The van der Waals surface area contributed by atoms with Crippen molar-refractivity contribution in [3.8, 4) is 5.75 Å². The number of hydrogen-bond donors (Lipinski definition) is 2. The van der Waals surface area contributed by atoms with Crippen molar-refractivity contribution < 1.29 is 9.53 Å². The number of anilines is 1. The first kappa shape index (κ1) is 12.2. The van der Waals surface area contributed by atoms with Crippen LogP contribution in [0.15, 0.2) is 30.4 Å². The number of nitrogens with one attached hydrogen (secondary N) is 2. The van der Waals surface area contributed by atoms with Crippen molar-refractivity contribution in [1.82, 2.24) is 5.32 Å². The van der Waals surface area contributed by atoms with E-state index < -0.39 is 0 Å². The van der Waals surface area contributed by atoms with E-state index in [9.17, 15) is 4.79 Å². The van der Waals surface area contributed by atoms with Crippen LogP contribution in [0.1, 0.15) is 31.4 Å². The number of ether oxygens (including phenoxy) is 1. The van der Waals surface area contributed by atoms with Gasteiger partial charge < -0.3 is 15.4 Å². The fourth-order valence-corrected chi connectivity index (χ4v) is 2.57. The van der Waals surface area contributed by atoms with Crippen molar-refractivity contribution in [2.24, 2.45) is 0 Å². The Kier molecular flexibility index (Phi) is 3.25. The molecule has 4 heteroatoms. The second-order valence-corrected chi connectivity index (χ2v) is 5.12. The van der Waals surface area contributed by atoms with E-state index in [0.29, 0.717) is 6.04 Å². The van der Waals surface area contributed by atoms with Gasteiger partial charge in [0.05, 0.1) is 5.69 Å². The van der Waals surface area contributed by atoms with E-state index in [1.165, 1.54) is 0 Å². The Morgan fingerprint density at radius 3 is 2.95 bits per heavy atom. The van der Waals surface area contributed by atoms with Crippen LogP contribution in [0.25, 0.3) is 0 Å². The number of carbonyl (C=O) groups excluding carboxylic acids is 1. The molecule has 1 aromatic carbocycles. The Balaban J connectivity index is 1.73. The number of hydrogen-bond acceptors (Lipinski definition) is 3. The zero-order valence-electron chi connectivity index (χ0n) is 11.0. The molecule has 2 aliphatic rings. The quantitative estimate of drug-likeness (QED) is 0.818. The van der Waals surface area contributed by atoms with E-state index in [-0.39, 0.29) is 18.6 Å². The van der Waals surface area contributed by atoms with E-state index in [4.69, 9.17) is 4.74 Å². The number of rotatable bonds is 3. The Morgan fingerprint density at radius 1 is 1.37 bits per heavy atom. The molecule has 4 nitrogen and oxygen atoms in total. The van der Waals surface area contributed by atoms with Crippen molar-refractivity contribution >= 4 is 11.6 Å². The van der Waals surface area contributed by atoms with E-state index in [2.05, 4.69) is 35.8 Å². The van der Waals surface area contributed by atoms with Crippen LogP contribution in [-0.2, 0) is 4.79 Å². The molecule has 0 spiro atoms. The summed E-state index contributed by atoms with van der Waals surface area (Å²) in [6.45, 7) is 2.25. The minimum atomic E-state index is -0.0924. The van der Waals surface area contributed by atoms with Crippen molar-refractivity contribution in [2.45, 2.75) is 31.8 Å². The van der Waals surface area contributed by atoms with Gasteiger partial charge >= 0.3 is 0 Å². The topological polar surface area (TPSA) is 50.4 Å². The molecule has 1 aliphatic carbocycles. The van der Waals surface area contributed by atoms with Gasteiger partial charge in [-0.25, -0.2) is 0 Å². The van der Waals surface area contributed by atoms with E-state index in [1.54, 1.807) is 0 Å². The maximum absolute atomic E-state index is 11.3. The minimum Gasteiger partial charge on any atom is -0.482 e. The first-order valence-corrected chi connectivity index (χ1v) is 6.70. The Morgan fingerprint density at radius 2 is 2.16 bits per heavy atom. The van der Waals surface area contributed by atoms with Crippen LogP contribution >= 0.6 is 0 Å². The van der Waals surface area contributed by atoms with E-state index >= 15 is 0 Å². The highest BCUT2D eigenvalue weighted by Gasteiger charge is 2.19. The van der Waals surface area contributed by atoms with Gasteiger partial charge in [0.2, 0.25) is 0 Å². The highest BCUT2D eigenvalue weighted by Crippen LogP contribution is 2.30. The second kappa shape index (κ2) is 5.05. The molecule has 1 aromatic rings. The highest BCUT2D eigenvalue weighted by atomic mass is 16.5. The number of amides is 1. The Hall–Kier alpha value is -1.81. The lowest BCUT2D eigenvalue weighted by Gasteiger charge is -2.23. The third-order valence-corrected chi connectivity index (χ3v) is 3.63. The van der Waals surface area contributed by atoms with Crippen LogP contribution in [0.5, 0.6) is 5.75 Å². The molecule has 0 aromatic heterocycles. The molecule has 19 heavy (non-hydrogen) atoms. The highest BCUT2D eigenvalue weighted by molar-refractivity contribution is 5.95. The third-order valence-electron chi connectivity index (χ3n) is 3.63. The first-order chi connectivity index (χ1) is 9.22. The van der Waals surface area contributed by atoms with Crippen LogP contribution in [0, 0.1) is 0 Å². The summed E-state index contributed by atoms with van der Waals surface area (Å²) in [4.78, 5) is 11.3. The van der Waals surface area contributed by atoms with Gasteiger partial charge in [0.15, 0.2) is 6.61 Å². The van der Waals surface area contributed by atoms with E-state index in [1.807, 2.05) is 12.1 Å². The predicted octanol–water partition coefficient (Wildman–Crippen LogP) is 2.39. The summed E-state index contributed by atoms with van der Waals surface area (Å²) in [5, 5.41) is 6.44. The molecule has 0 saturated carbocycles. The molecule has 1 aliphatic heterocycles. The zero-order chi connectivity index (χ0) is 13.2. The fraction of sp³-hybridized carbons (Fsp3) is 0.400. The predicted molar refractivity (Wildman–Crippen MR) is 74.3 cm³/mol. The average Bonchev–Trinajstić information content (AvgIpc) is 2.90. The van der Waals surface area contributed by atoms with Gasteiger partial charge in [-0.05, 0) is 37.5 Å². The maximum Gasteiger partial charge on any atom is 0.262 e. The second-order valence-electron chi connectivity index (χ2n) is 5.12. The van der Waals surface area contributed by atoms with Crippen LogP contribution in [0.4, 0.5) is 5.69 Å². The van der Waals surface area contributed by atoms with Crippen molar-refractivity contribution in [3.63, 3.8) is 0 Å². The minimum absolute atomic E-state index is 0.0924. The summed E-state index contributed by atoms with van der Waals surface area (Å²) in [5.41, 5.74) is 1.93. The molecular weight excluding hydrogens is 240 g/mol. The van der Waals surface area contributed by atoms with Gasteiger partial charge in [-0.15, -0.1) is 0 Å². The summed E-state index contributed by atoms with van der Waals surface area (Å²) < 4.78 is 5.36. The summed E-state index contributed by atoms with van der Waals surface area (Å²) in [5.74, 6) is 0.656. The molecule has 100 valence electrons. The van der Waals surface area contributed by atoms with Crippen molar-refractivity contribution in [3.05, 3.63) is 35.9 Å². The number of carbonyl (C=O) groups is 1. The SMILES string of the molecule is CC(NC1CC=CC1)c1ccc2c(c1)NC(=O)CO2. The standard InChI is InChI=1S/C15H18N2O2/c1-10(16-12-4-2-3-5-12)11-6-7-14-13(8-11)17-15(18)9-19-14/h2-3,6-8,10,12,16H,4-5,9H2,1H3,(H,17,18). The molecule has 0 fully saturated rings. The largest absolute Gasteiger partial charge is 0.482 e. The van der Waals surface area contributed by atoms with Gasteiger partial charge in [-0.3, -0.25) is 4.79 Å². The molecule has 1 heterocycles. The number of fused-ring (bicyclic) bond motifs is 1. The molecule has 2 N–H and O–H groups in total. The van der Waals surface area contributed by atoms with Gasteiger partial charge in [-0.2, -0.15) is 0 Å². The zero-order valence-corrected chi connectivity index (χ0v) is 11.0.